The summed E-state index contributed by atoms with van der Waals surface area (Å²) in [5, 5.41) is 5.66. The van der Waals surface area contributed by atoms with Gasteiger partial charge in [-0.15, -0.1) is 0 Å². The molecule has 0 aliphatic carbocycles. The van der Waals surface area contributed by atoms with Crippen LogP contribution in [0.3, 0.4) is 0 Å². The molecule has 0 saturated carbocycles. The quantitative estimate of drug-likeness (QED) is 0.801. The minimum absolute atomic E-state index is 0.00685. The summed E-state index contributed by atoms with van der Waals surface area (Å²) in [6.07, 6.45) is 0. The molecule has 6 heteroatoms. The molecule has 0 aliphatic rings. The summed E-state index contributed by atoms with van der Waals surface area (Å²) in [5.74, 6) is 0.824. The number of carbonyl (C=O) groups is 2. The van der Waals surface area contributed by atoms with E-state index in [-0.39, 0.29) is 23.8 Å². The standard InChI is InChI=1S/C18H28N2O4/c1-10(2)17(20-13(5)21)18(22)19-12(4)14-9-16(24-7)15(23-6)8-11(14)3/h8-10,12,17H,1-7H3,(H,19,22)(H,20,21). The van der Waals surface area contributed by atoms with Crippen LogP contribution in [0.15, 0.2) is 12.1 Å². The van der Waals surface area contributed by atoms with Crippen molar-refractivity contribution in [3.05, 3.63) is 23.3 Å². The Morgan fingerprint density at radius 1 is 1.00 bits per heavy atom. The first kappa shape index (κ1) is 19.8. The molecular weight excluding hydrogens is 308 g/mol. The number of rotatable bonds is 7. The number of carbonyl (C=O) groups excluding carboxylic acids is 2. The Morgan fingerprint density at radius 3 is 2.00 bits per heavy atom. The maximum Gasteiger partial charge on any atom is 0.243 e. The molecule has 0 fully saturated rings. The second-order valence-corrected chi connectivity index (χ2v) is 6.22. The molecule has 2 unspecified atom stereocenters. The van der Waals surface area contributed by atoms with Crippen molar-refractivity contribution >= 4 is 11.8 Å². The molecule has 0 saturated heterocycles. The molecule has 2 N–H and O–H groups in total. The molecule has 134 valence electrons. The second kappa shape index (κ2) is 8.57. The molecule has 6 nitrogen and oxygen atoms in total. The minimum Gasteiger partial charge on any atom is -0.493 e. The lowest BCUT2D eigenvalue weighted by molar-refractivity contribution is -0.129. The van der Waals surface area contributed by atoms with Gasteiger partial charge in [-0.2, -0.15) is 0 Å². The third kappa shape index (κ3) is 4.88. The van der Waals surface area contributed by atoms with Crippen molar-refractivity contribution in [2.24, 2.45) is 5.92 Å². The molecule has 0 aliphatic heterocycles. The maximum absolute atomic E-state index is 12.5. The molecule has 0 spiro atoms. The van der Waals surface area contributed by atoms with Crippen LogP contribution in [0, 0.1) is 12.8 Å². The van der Waals surface area contributed by atoms with Crippen molar-refractivity contribution in [3.8, 4) is 11.5 Å². The zero-order valence-corrected chi connectivity index (χ0v) is 15.5. The van der Waals surface area contributed by atoms with Crippen LogP contribution < -0.4 is 20.1 Å². The predicted molar refractivity (Wildman–Crippen MR) is 93.3 cm³/mol. The average molecular weight is 336 g/mol. The molecule has 2 amide bonds. The van der Waals surface area contributed by atoms with Gasteiger partial charge in [-0.3, -0.25) is 9.59 Å². The third-order valence-corrected chi connectivity index (χ3v) is 3.91. The zero-order chi connectivity index (χ0) is 18.4. The van der Waals surface area contributed by atoms with Crippen LogP contribution >= 0.6 is 0 Å². The molecule has 1 aromatic rings. The molecular formula is C18H28N2O4. The number of methoxy groups -OCH3 is 2. The van der Waals surface area contributed by atoms with Gasteiger partial charge in [0, 0.05) is 6.92 Å². The Morgan fingerprint density at radius 2 is 1.54 bits per heavy atom. The summed E-state index contributed by atoms with van der Waals surface area (Å²) in [7, 11) is 3.16. The molecule has 0 aromatic heterocycles. The number of ether oxygens (including phenoxy) is 2. The second-order valence-electron chi connectivity index (χ2n) is 6.22. The van der Waals surface area contributed by atoms with Gasteiger partial charge in [0.2, 0.25) is 11.8 Å². The molecule has 2 atom stereocenters. The van der Waals surface area contributed by atoms with Crippen molar-refractivity contribution < 1.29 is 19.1 Å². The lowest BCUT2D eigenvalue weighted by Gasteiger charge is -2.25. The van der Waals surface area contributed by atoms with Gasteiger partial charge < -0.3 is 20.1 Å². The Bertz CT molecular complexity index is 599. The normalized spacial score (nSPS) is 13.2. The number of nitrogens with one attached hydrogen (secondary N) is 2. The SMILES string of the molecule is COc1cc(C)c(C(C)NC(=O)C(NC(C)=O)C(C)C)cc1OC. The van der Waals surface area contributed by atoms with E-state index in [0.717, 1.165) is 11.1 Å². The molecule has 0 radical (unpaired) electrons. The van der Waals surface area contributed by atoms with Gasteiger partial charge in [0.25, 0.3) is 0 Å². The lowest BCUT2D eigenvalue weighted by Crippen LogP contribution is -2.49. The molecule has 1 rings (SSSR count). The molecule has 0 bridgehead atoms. The fraction of sp³-hybridized carbons (Fsp3) is 0.556. The van der Waals surface area contributed by atoms with Crippen molar-refractivity contribution in [1.29, 1.82) is 0 Å². The van der Waals surface area contributed by atoms with Gasteiger partial charge in [0.15, 0.2) is 11.5 Å². The van der Waals surface area contributed by atoms with E-state index in [2.05, 4.69) is 10.6 Å². The number of aryl methyl sites for hydroxylation is 1. The van der Waals surface area contributed by atoms with E-state index >= 15 is 0 Å². The molecule has 0 heterocycles. The first-order chi connectivity index (χ1) is 11.2. The Hall–Kier alpha value is -2.24. The first-order valence-electron chi connectivity index (χ1n) is 8.01. The largest absolute Gasteiger partial charge is 0.493 e. The van der Waals surface area contributed by atoms with Crippen LogP contribution in [0.25, 0.3) is 0 Å². The van der Waals surface area contributed by atoms with Crippen molar-refractivity contribution in [2.45, 2.75) is 46.7 Å². The first-order valence-corrected chi connectivity index (χ1v) is 8.01. The summed E-state index contributed by atoms with van der Waals surface area (Å²) in [6.45, 7) is 9.05. The highest BCUT2D eigenvalue weighted by atomic mass is 16.5. The van der Waals surface area contributed by atoms with Gasteiger partial charge in [0.05, 0.1) is 20.3 Å². The summed E-state index contributed by atoms with van der Waals surface area (Å²) < 4.78 is 10.6. The number of hydrogen-bond donors (Lipinski definition) is 2. The van der Waals surface area contributed by atoms with Crippen LogP contribution in [0.1, 0.15) is 44.9 Å². The summed E-state index contributed by atoms with van der Waals surface area (Å²) >= 11 is 0. The highest BCUT2D eigenvalue weighted by Crippen LogP contribution is 2.32. The van der Waals surface area contributed by atoms with Gasteiger partial charge in [-0.1, -0.05) is 13.8 Å². The minimum atomic E-state index is -0.564. The molecule has 1 aromatic carbocycles. The van der Waals surface area contributed by atoms with Crippen LogP contribution in [0.2, 0.25) is 0 Å². The highest BCUT2D eigenvalue weighted by Gasteiger charge is 2.25. The average Bonchev–Trinajstić information content (AvgIpc) is 2.51. The lowest BCUT2D eigenvalue weighted by atomic mass is 9.99. The number of hydrogen-bond acceptors (Lipinski definition) is 4. The zero-order valence-electron chi connectivity index (χ0n) is 15.5. The van der Waals surface area contributed by atoms with Crippen LogP contribution in [0.4, 0.5) is 0 Å². The van der Waals surface area contributed by atoms with Crippen molar-refractivity contribution in [1.82, 2.24) is 10.6 Å². The van der Waals surface area contributed by atoms with Crippen LogP contribution in [0.5, 0.6) is 11.5 Å². The summed E-state index contributed by atoms with van der Waals surface area (Å²) in [4.78, 5) is 23.8. The monoisotopic (exact) mass is 336 g/mol. The van der Waals surface area contributed by atoms with E-state index in [0.29, 0.717) is 11.5 Å². The Balaban J connectivity index is 2.99. The van der Waals surface area contributed by atoms with Gasteiger partial charge in [-0.05, 0) is 43.0 Å². The van der Waals surface area contributed by atoms with Crippen LogP contribution in [-0.2, 0) is 9.59 Å². The van der Waals surface area contributed by atoms with E-state index in [9.17, 15) is 9.59 Å². The topological polar surface area (TPSA) is 76.7 Å². The number of amides is 2. The van der Waals surface area contributed by atoms with E-state index < -0.39 is 6.04 Å². The van der Waals surface area contributed by atoms with Gasteiger partial charge in [-0.25, -0.2) is 0 Å². The van der Waals surface area contributed by atoms with E-state index in [4.69, 9.17) is 9.47 Å². The van der Waals surface area contributed by atoms with Crippen molar-refractivity contribution in [3.63, 3.8) is 0 Å². The van der Waals surface area contributed by atoms with Crippen LogP contribution in [-0.4, -0.2) is 32.1 Å². The van der Waals surface area contributed by atoms with E-state index in [1.165, 1.54) is 6.92 Å². The van der Waals surface area contributed by atoms with E-state index in [1.807, 2.05) is 39.8 Å². The van der Waals surface area contributed by atoms with Gasteiger partial charge >= 0.3 is 0 Å². The summed E-state index contributed by atoms with van der Waals surface area (Å²) in [5.41, 5.74) is 1.92. The Kier molecular flexibility index (Phi) is 7.07. The predicted octanol–water partition coefficient (Wildman–Crippen LogP) is 2.35. The fourth-order valence-corrected chi connectivity index (χ4v) is 2.60. The summed E-state index contributed by atoms with van der Waals surface area (Å²) in [6, 6.07) is 2.95. The fourth-order valence-electron chi connectivity index (χ4n) is 2.60. The Labute approximate surface area is 143 Å². The van der Waals surface area contributed by atoms with E-state index in [1.54, 1.807) is 14.2 Å². The number of benzene rings is 1. The third-order valence-electron chi connectivity index (χ3n) is 3.91. The smallest absolute Gasteiger partial charge is 0.243 e. The molecule has 24 heavy (non-hydrogen) atoms. The van der Waals surface area contributed by atoms with Crippen molar-refractivity contribution in [2.75, 3.05) is 14.2 Å². The van der Waals surface area contributed by atoms with Gasteiger partial charge in [0.1, 0.15) is 6.04 Å². The highest BCUT2D eigenvalue weighted by molar-refractivity contribution is 5.87. The maximum atomic E-state index is 12.5.